The summed E-state index contributed by atoms with van der Waals surface area (Å²) in [5.41, 5.74) is 1.27. The van der Waals surface area contributed by atoms with E-state index in [1.807, 2.05) is 0 Å². The molecule has 4 aromatic rings. The average Bonchev–Trinajstić information content (AvgIpc) is 2.78. The quantitative estimate of drug-likeness (QED) is 0.388. The second-order valence-electron chi connectivity index (χ2n) is 6.64. The highest BCUT2D eigenvalue weighted by atomic mass is 79.9. The van der Waals surface area contributed by atoms with Gasteiger partial charge >= 0.3 is 0 Å². The van der Waals surface area contributed by atoms with E-state index < -0.39 is 7.41 Å². The Bertz CT molecular complexity index is 906. The summed E-state index contributed by atoms with van der Waals surface area (Å²) in [7, 11) is -1.99. The van der Waals surface area contributed by atoms with Crippen LogP contribution in [0.3, 0.4) is 0 Å². The summed E-state index contributed by atoms with van der Waals surface area (Å²) in [6.07, 6.45) is 0. The second-order valence-corrected chi connectivity index (χ2v) is 10.8. The molecule has 0 saturated carbocycles. The molecule has 0 heterocycles. The van der Waals surface area contributed by atoms with Gasteiger partial charge in [-0.15, -0.1) is 0 Å². The molecular formula is C25H22BrNP+. The molecular weight excluding hydrogens is 425 g/mol. The molecule has 28 heavy (non-hydrogen) atoms. The zero-order valence-electron chi connectivity index (χ0n) is 15.5. The van der Waals surface area contributed by atoms with Gasteiger partial charge in [0.2, 0.25) is 0 Å². The monoisotopic (exact) mass is 446 g/mol. The van der Waals surface area contributed by atoms with Crippen molar-refractivity contribution in [3.8, 4) is 0 Å². The van der Waals surface area contributed by atoms with E-state index >= 15 is 0 Å². The summed E-state index contributed by atoms with van der Waals surface area (Å²) in [4.78, 5) is 0. The molecule has 1 N–H and O–H groups in total. The van der Waals surface area contributed by atoms with E-state index in [-0.39, 0.29) is 0 Å². The Kier molecular flexibility index (Phi) is 6.02. The van der Waals surface area contributed by atoms with E-state index in [1.54, 1.807) is 0 Å². The van der Waals surface area contributed by atoms with E-state index in [9.17, 15) is 0 Å². The summed E-state index contributed by atoms with van der Waals surface area (Å²) in [5.74, 6) is 0. The topological polar surface area (TPSA) is 12.0 Å². The van der Waals surface area contributed by atoms with E-state index in [0.29, 0.717) is 0 Å². The Morgan fingerprint density at radius 1 is 0.536 bits per heavy atom. The molecule has 0 aromatic heterocycles. The third-order valence-corrected chi connectivity index (χ3v) is 9.24. The van der Waals surface area contributed by atoms with Gasteiger partial charge in [0.25, 0.3) is 0 Å². The van der Waals surface area contributed by atoms with Crippen molar-refractivity contribution in [1.82, 2.24) is 5.09 Å². The summed E-state index contributed by atoms with van der Waals surface area (Å²) in [5, 5.41) is 8.03. The van der Waals surface area contributed by atoms with Crippen LogP contribution in [-0.2, 0) is 6.54 Å². The van der Waals surface area contributed by atoms with Crippen molar-refractivity contribution in [2.75, 3.05) is 0 Å². The fourth-order valence-electron chi connectivity index (χ4n) is 3.49. The van der Waals surface area contributed by atoms with Crippen molar-refractivity contribution < 1.29 is 0 Å². The van der Waals surface area contributed by atoms with Gasteiger partial charge in [-0.25, -0.2) is 0 Å². The largest absolute Gasteiger partial charge is 0.178 e. The van der Waals surface area contributed by atoms with Crippen LogP contribution in [0.5, 0.6) is 0 Å². The van der Waals surface area contributed by atoms with Crippen LogP contribution in [0.2, 0.25) is 0 Å². The van der Waals surface area contributed by atoms with Crippen LogP contribution in [-0.4, -0.2) is 0 Å². The molecule has 0 unspecified atom stereocenters. The molecule has 0 aliphatic heterocycles. The minimum atomic E-state index is -1.99. The molecule has 0 fully saturated rings. The predicted molar refractivity (Wildman–Crippen MR) is 126 cm³/mol. The first-order valence-corrected chi connectivity index (χ1v) is 11.9. The predicted octanol–water partition coefficient (Wildman–Crippen LogP) is 5.45. The first-order valence-electron chi connectivity index (χ1n) is 9.34. The lowest BCUT2D eigenvalue weighted by Gasteiger charge is -2.28. The van der Waals surface area contributed by atoms with E-state index in [1.165, 1.54) is 21.5 Å². The summed E-state index contributed by atoms with van der Waals surface area (Å²) >= 11 is 3.53. The normalized spacial score (nSPS) is 11.3. The lowest BCUT2D eigenvalue weighted by Crippen LogP contribution is -2.40. The first kappa shape index (κ1) is 19.1. The number of halogens is 1. The molecule has 0 atom stereocenters. The van der Waals surface area contributed by atoms with Crippen molar-refractivity contribution >= 4 is 39.3 Å². The molecule has 0 spiro atoms. The first-order chi connectivity index (χ1) is 13.8. The summed E-state index contributed by atoms with van der Waals surface area (Å²) in [6, 6.07) is 41.1. The lowest BCUT2D eigenvalue weighted by molar-refractivity contribution is 0.960. The fraction of sp³-hybridized carbons (Fsp3) is 0.0400. The van der Waals surface area contributed by atoms with Crippen molar-refractivity contribution in [3.63, 3.8) is 0 Å². The minimum absolute atomic E-state index is 0.805. The van der Waals surface area contributed by atoms with Crippen LogP contribution < -0.4 is 21.0 Å². The van der Waals surface area contributed by atoms with Crippen molar-refractivity contribution in [2.24, 2.45) is 0 Å². The molecule has 0 bridgehead atoms. The van der Waals surface area contributed by atoms with Crippen LogP contribution in [0.1, 0.15) is 5.56 Å². The van der Waals surface area contributed by atoms with Gasteiger partial charge in [-0.1, -0.05) is 82.7 Å². The standard InChI is InChI=1S/C25H22BrNP/c26-22-18-16-21(17-19-22)20-27-28(23-10-4-1-5-11-23,24-12-6-2-7-13-24)25-14-8-3-9-15-25/h1-19,27H,20H2/q+1. The van der Waals surface area contributed by atoms with Gasteiger partial charge in [0.15, 0.2) is 7.41 Å². The summed E-state index contributed by atoms with van der Waals surface area (Å²) < 4.78 is 1.10. The third-order valence-electron chi connectivity index (χ3n) is 4.86. The molecule has 0 aliphatic carbocycles. The van der Waals surface area contributed by atoms with Gasteiger partial charge < -0.3 is 0 Å². The van der Waals surface area contributed by atoms with Crippen molar-refractivity contribution in [2.45, 2.75) is 6.54 Å². The number of hydrogen-bond acceptors (Lipinski definition) is 1. The van der Waals surface area contributed by atoms with Crippen LogP contribution in [0, 0.1) is 0 Å². The summed E-state index contributed by atoms with van der Waals surface area (Å²) in [6.45, 7) is 0.805. The number of benzene rings is 4. The van der Waals surface area contributed by atoms with Gasteiger partial charge in [0, 0.05) is 4.47 Å². The molecule has 0 aliphatic rings. The minimum Gasteiger partial charge on any atom is -0.174 e. The van der Waals surface area contributed by atoms with E-state index in [4.69, 9.17) is 0 Å². The Balaban J connectivity index is 1.86. The highest BCUT2D eigenvalue weighted by molar-refractivity contribution is 9.10. The SMILES string of the molecule is Brc1ccc(CN[P+](c2ccccc2)(c2ccccc2)c2ccccc2)cc1. The molecule has 4 aromatic carbocycles. The average molecular weight is 447 g/mol. The van der Waals surface area contributed by atoms with Gasteiger partial charge in [-0.05, 0) is 54.1 Å². The number of nitrogens with one attached hydrogen (secondary N) is 1. The van der Waals surface area contributed by atoms with E-state index in [2.05, 4.69) is 136 Å². The Labute approximate surface area is 176 Å². The maximum Gasteiger partial charge on any atom is 0.178 e. The molecule has 0 amide bonds. The Morgan fingerprint density at radius 3 is 1.32 bits per heavy atom. The van der Waals surface area contributed by atoms with Gasteiger partial charge in [-0.2, -0.15) is 5.09 Å². The molecule has 0 saturated heterocycles. The van der Waals surface area contributed by atoms with E-state index in [0.717, 1.165) is 11.0 Å². The van der Waals surface area contributed by atoms with Crippen LogP contribution in [0.15, 0.2) is 120 Å². The highest BCUT2D eigenvalue weighted by Gasteiger charge is 2.45. The molecule has 3 heteroatoms. The molecule has 4 rings (SSSR count). The molecule has 1 nitrogen and oxygen atoms in total. The smallest absolute Gasteiger partial charge is 0.174 e. The molecule has 0 radical (unpaired) electrons. The third kappa shape index (κ3) is 3.95. The zero-order valence-corrected chi connectivity index (χ0v) is 18.0. The Morgan fingerprint density at radius 2 is 0.929 bits per heavy atom. The van der Waals surface area contributed by atoms with Gasteiger partial charge in [0.1, 0.15) is 15.9 Å². The number of rotatable bonds is 6. The molecule has 138 valence electrons. The maximum absolute atomic E-state index is 4.01. The van der Waals surface area contributed by atoms with Gasteiger partial charge in [0.05, 0.1) is 6.54 Å². The lowest BCUT2D eigenvalue weighted by atomic mass is 10.2. The van der Waals surface area contributed by atoms with Crippen LogP contribution in [0.4, 0.5) is 0 Å². The van der Waals surface area contributed by atoms with Crippen LogP contribution in [0.25, 0.3) is 0 Å². The zero-order chi connectivity index (χ0) is 19.2. The van der Waals surface area contributed by atoms with Crippen molar-refractivity contribution in [3.05, 3.63) is 125 Å². The Hall–Kier alpha value is -2.25. The highest BCUT2D eigenvalue weighted by Crippen LogP contribution is 2.51. The maximum atomic E-state index is 4.01. The fourth-order valence-corrected chi connectivity index (χ4v) is 7.47. The van der Waals surface area contributed by atoms with Gasteiger partial charge in [-0.3, -0.25) is 0 Å². The van der Waals surface area contributed by atoms with Crippen LogP contribution >= 0.6 is 23.3 Å². The van der Waals surface area contributed by atoms with Crippen molar-refractivity contribution in [1.29, 1.82) is 0 Å². The number of hydrogen-bond donors (Lipinski definition) is 1. The second kappa shape index (κ2) is 8.84.